The second-order valence-electron chi connectivity index (χ2n) is 19.6. The number of quaternary nitrogens is 1. The molecule has 0 aromatic heterocycles. The van der Waals surface area contributed by atoms with Crippen molar-refractivity contribution in [2.24, 2.45) is 0 Å². The second kappa shape index (κ2) is 46.6. The van der Waals surface area contributed by atoms with Gasteiger partial charge in [0.25, 0.3) is 0 Å². The second-order valence-corrected chi connectivity index (χ2v) is 21.1. The Morgan fingerprint density at radius 3 is 1.27 bits per heavy atom. The standard InChI is InChI=1S/C54H104NO8P/c1-6-8-10-12-14-16-18-20-22-23-24-25-26-27-28-29-30-31-33-34-36-38-40-42-44-46-53(56)60-50-52(51-62-64(58,59)61-49-48-55(3,4)5)63-54(57)47-45-43-41-39-37-35-32-21-19-17-15-13-11-9-7-2/h15,17,21,32,52H,6-14,16,18-20,22-31,33-51H2,1-5H3/p+1/b17-15-,32-21-. The molecule has 0 bridgehead atoms. The fraction of sp³-hybridized carbons (Fsp3) is 0.889. The number of hydrogen-bond donors (Lipinski definition) is 1. The summed E-state index contributed by atoms with van der Waals surface area (Å²) in [6.45, 7) is 4.42. The average Bonchev–Trinajstić information content (AvgIpc) is 3.25. The van der Waals surface area contributed by atoms with E-state index in [0.717, 1.165) is 57.8 Å². The van der Waals surface area contributed by atoms with E-state index in [1.807, 2.05) is 21.1 Å². The van der Waals surface area contributed by atoms with Crippen LogP contribution in [-0.2, 0) is 32.7 Å². The van der Waals surface area contributed by atoms with Gasteiger partial charge in [0.1, 0.15) is 19.8 Å². The lowest BCUT2D eigenvalue weighted by molar-refractivity contribution is -0.870. The van der Waals surface area contributed by atoms with Gasteiger partial charge in [-0.15, -0.1) is 0 Å². The first kappa shape index (κ1) is 62.5. The molecule has 0 aliphatic carbocycles. The fourth-order valence-electron chi connectivity index (χ4n) is 7.75. The van der Waals surface area contributed by atoms with Crippen molar-refractivity contribution < 1.29 is 42.1 Å². The predicted octanol–water partition coefficient (Wildman–Crippen LogP) is 16.3. The van der Waals surface area contributed by atoms with Crippen molar-refractivity contribution in [3.63, 3.8) is 0 Å². The van der Waals surface area contributed by atoms with Gasteiger partial charge >= 0.3 is 19.8 Å². The van der Waals surface area contributed by atoms with E-state index in [1.54, 1.807) is 0 Å². The van der Waals surface area contributed by atoms with Gasteiger partial charge in [-0.1, -0.05) is 224 Å². The Bertz CT molecular complexity index is 1140. The summed E-state index contributed by atoms with van der Waals surface area (Å²) < 4.78 is 34.5. The van der Waals surface area contributed by atoms with E-state index < -0.39 is 26.5 Å². The van der Waals surface area contributed by atoms with Crippen molar-refractivity contribution in [1.29, 1.82) is 0 Å². The van der Waals surface area contributed by atoms with Gasteiger partial charge in [-0.3, -0.25) is 18.6 Å². The van der Waals surface area contributed by atoms with Gasteiger partial charge in [-0.05, 0) is 44.9 Å². The van der Waals surface area contributed by atoms with Crippen LogP contribution in [0.1, 0.15) is 258 Å². The zero-order valence-corrected chi connectivity index (χ0v) is 43.7. The molecule has 1 N–H and O–H groups in total. The normalized spacial score (nSPS) is 13.5. The molecule has 0 saturated heterocycles. The number of esters is 2. The molecule has 2 unspecified atom stereocenters. The summed E-state index contributed by atoms with van der Waals surface area (Å²) in [4.78, 5) is 35.5. The SMILES string of the molecule is CCCCC/C=C\C/C=C\CCCCCCCC(=O)OC(COC(=O)CCCCCCCCCCCCCCCCCCCCCCCCCCC)COP(=O)(O)OCC[N+](C)(C)C. The molecule has 0 rings (SSSR count). The van der Waals surface area contributed by atoms with E-state index in [4.69, 9.17) is 18.5 Å². The number of carbonyl (C=O) groups excluding carboxylic acids is 2. The zero-order valence-electron chi connectivity index (χ0n) is 42.8. The molecule has 2 atom stereocenters. The number of ether oxygens (including phenoxy) is 2. The molecular formula is C54H105NO8P+. The lowest BCUT2D eigenvalue weighted by Crippen LogP contribution is -2.37. The molecule has 0 heterocycles. The van der Waals surface area contributed by atoms with Crippen LogP contribution in [0.3, 0.4) is 0 Å². The number of carbonyl (C=O) groups is 2. The van der Waals surface area contributed by atoms with Crippen molar-refractivity contribution in [1.82, 2.24) is 0 Å². The molecule has 10 heteroatoms. The van der Waals surface area contributed by atoms with Crippen LogP contribution in [0.25, 0.3) is 0 Å². The maximum absolute atomic E-state index is 12.7. The third kappa shape index (κ3) is 49.9. The Labute approximate surface area is 396 Å². The quantitative estimate of drug-likeness (QED) is 0.0211. The topological polar surface area (TPSA) is 108 Å². The molecule has 0 spiro atoms. The summed E-state index contributed by atoms with van der Waals surface area (Å²) in [5.74, 6) is -0.801. The molecule has 0 amide bonds. The highest BCUT2D eigenvalue weighted by Gasteiger charge is 2.27. The van der Waals surface area contributed by atoms with Crippen LogP contribution in [0.5, 0.6) is 0 Å². The number of allylic oxidation sites excluding steroid dienone is 4. The molecule has 0 aliphatic rings. The molecule has 378 valence electrons. The Kier molecular flexibility index (Phi) is 45.5. The molecule has 0 aliphatic heterocycles. The van der Waals surface area contributed by atoms with E-state index in [2.05, 4.69) is 38.2 Å². The number of likely N-dealkylation sites (N-methyl/N-ethyl adjacent to an activating group) is 1. The van der Waals surface area contributed by atoms with Gasteiger partial charge in [0.2, 0.25) is 0 Å². The molecule has 0 radical (unpaired) electrons. The van der Waals surface area contributed by atoms with Crippen LogP contribution in [0.4, 0.5) is 0 Å². The monoisotopic (exact) mass is 927 g/mol. The number of unbranched alkanes of at least 4 members (excludes halogenated alkanes) is 32. The Hall–Kier alpha value is -1.51. The maximum atomic E-state index is 12.7. The summed E-state index contributed by atoms with van der Waals surface area (Å²) in [6.07, 6.45) is 53.9. The smallest absolute Gasteiger partial charge is 0.462 e. The van der Waals surface area contributed by atoms with E-state index in [0.29, 0.717) is 23.9 Å². The molecule has 0 aromatic carbocycles. The van der Waals surface area contributed by atoms with Crippen LogP contribution < -0.4 is 0 Å². The minimum absolute atomic E-state index is 0.0309. The van der Waals surface area contributed by atoms with E-state index in [1.165, 1.54) is 167 Å². The predicted molar refractivity (Wildman–Crippen MR) is 271 cm³/mol. The highest BCUT2D eigenvalue weighted by Crippen LogP contribution is 2.43. The summed E-state index contributed by atoms with van der Waals surface area (Å²) in [5.41, 5.74) is 0. The van der Waals surface area contributed by atoms with Crippen molar-refractivity contribution in [2.45, 2.75) is 264 Å². The minimum Gasteiger partial charge on any atom is -0.462 e. The van der Waals surface area contributed by atoms with Gasteiger partial charge in [-0.2, -0.15) is 0 Å². The summed E-state index contributed by atoms with van der Waals surface area (Å²) in [6, 6.07) is 0. The van der Waals surface area contributed by atoms with Gasteiger partial charge in [0.15, 0.2) is 6.10 Å². The van der Waals surface area contributed by atoms with Gasteiger partial charge < -0.3 is 18.9 Å². The van der Waals surface area contributed by atoms with Crippen LogP contribution in [0.2, 0.25) is 0 Å². The van der Waals surface area contributed by atoms with Crippen LogP contribution in [0.15, 0.2) is 24.3 Å². The highest BCUT2D eigenvalue weighted by atomic mass is 31.2. The number of hydrogen-bond acceptors (Lipinski definition) is 7. The molecule has 0 saturated carbocycles. The van der Waals surface area contributed by atoms with Crippen molar-refractivity contribution in [2.75, 3.05) is 47.5 Å². The van der Waals surface area contributed by atoms with E-state index in [-0.39, 0.29) is 25.6 Å². The largest absolute Gasteiger partial charge is 0.472 e. The van der Waals surface area contributed by atoms with Gasteiger partial charge in [0, 0.05) is 12.8 Å². The molecule has 9 nitrogen and oxygen atoms in total. The highest BCUT2D eigenvalue weighted by molar-refractivity contribution is 7.47. The van der Waals surface area contributed by atoms with E-state index >= 15 is 0 Å². The average molecular weight is 927 g/mol. The number of phosphoric acid groups is 1. The first-order valence-electron chi connectivity index (χ1n) is 27.1. The summed E-state index contributed by atoms with van der Waals surface area (Å²) >= 11 is 0. The van der Waals surface area contributed by atoms with Crippen molar-refractivity contribution >= 4 is 19.8 Å². The fourth-order valence-corrected chi connectivity index (χ4v) is 8.49. The van der Waals surface area contributed by atoms with Crippen LogP contribution in [0, 0.1) is 0 Å². The molecular weight excluding hydrogens is 822 g/mol. The number of phosphoric ester groups is 1. The van der Waals surface area contributed by atoms with Crippen LogP contribution in [-0.4, -0.2) is 74.9 Å². The Morgan fingerprint density at radius 2 is 0.844 bits per heavy atom. The van der Waals surface area contributed by atoms with Crippen LogP contribution >= 0.6 is 7.82 Å². The number of rotatable bonds is 50. The third-order valence-electron chi connectivity index (χ3n) is 12.0. The lowest BCUT2D eigenvalue weighted by atomic mass is 10.0. The minimum atomic E-state index is -4.38. The Balaban J connectivity index is 4.12. The lowest BCUT2D eigenvalue weighted by Gasteiger charge is -2.24. The van der Waals surface area contributed by atoms with Crippen molar-refractivity contribution in [3.05, 3.63) is 24.3 Å². The first-order valence-corrected chi connectivity index (χ1v) is 28.6. The Morgan fingerprint density at radius 1 is 0.484 bits per heavy atom. The zero-order chi connectivity index (χ0) is 47.1. The van der Waals surface area contributed by atoms with Gasteiger partial charge in [-0.25, -0.2) is 4.57 Å². The maximum Gasteiger partial charge on any atom is 0.472 e. The van der Waals surface area contributed by atoms with Gasteiger partial charge in [0.05, 0.1) is 27.7 Å². The first-order chi connectivity index (χ1) is 31.0. The molecule has 0 fully saturated rings. The molecule has 0 aromatic rings. The molecule has 64 heavy (non-hydrogen) atoms. The summed E-state index contributed by atoms with van der Waals surface area (Å²) in [5, 5.41) is 0. The van der Waals surface area contributed by atoms with Crippen molar-refractivity contribution in [3.8, 4) is 0 Å². The summed E-state index contributed by atoms with van der Waals surface area (Å²) in [7, 11) is 1.48. The number of nitrogens with zero attached hydrogens (tertiary/aromatic N) is 1. The van der Waals surface area contributed by atoms with E-state index in [9.17, 15) is 19.0 Å². The third-order valence-corrected chi connectivity index (χ3v) is 13.0.